The molecule has 5 nitrogen and oxygen atoms in total. The monoisotopic (exact) mass is 222 g/mol. The Balaban J connectivity index is 2.66. The molecule has 1 aromatic carbocycles. The molecule has 0 atom stereocenters. The summed E-state index contributed by atoms with van der Waals surface area (Å²) >= 11 is 0. The smallest absolute Gasteiger partial charge is 0.269 e. The number of aromatic hydroxyl groups is 1. The summed E-state index contributed by atoms with van der Waals surface area (Å²) in [7, 11) is 0. The van der Waals surface area contributed by atoms with E-state index in [0.717, 1.165) is 0 Å². The molecule has 0 heterocycles. The van der Waals surface area contributed by atoms with Gasteiger partial charge in [-0.3, -0.25) is 20.4 Å². The second-order valence-electron chi connectivity index (χ2n) is 3.36. The Labute approximate surface area is 93.4 Å². The third-order valence-electron chi connectivity index (χ3n) is 2.11. The summed E-state index contributed by atoms with van der Waals surface area (Å²) in [5.41, 5.74) is 5.47. The molecule has 0 aliphatic rings. The van der Waals surface area contributed by atoms with E-state index in [4.69, 9.17) is 0 Å². The number of phenolic OH excluding ortho intramolecular Hbond substituents is 1. The first-order valence-electron chi connectivity index (χ1n) is 4.93. The summed E-state index contributed by atoms with van der Waals surface area (Å²) in [5, 5.41) is 9.41. The van der Waals surface area contributed by atoms with Gasteiger partial charge in [-0.15, -0.1) is 0 Å². The first kappa shape index (κ1) is 12.0. The Bertz CT molecular complexity index is 416. The van der Waals surface area contributed by atoms with Crippen LogP contribution in [0.15, 0.2) is 18.2 Å². The molecule has 0 unspecified atom stereocenters. The first-order chi connectivity index (χ1) is 7.54. The van der Waals surface area contributed by atoms with E-state index in [1.54, 1.807) is 26.0 Å². The van der Waals surface area contributed by atoms with Crippen molar-refractivity contribution in [1.29, 1.82) is 0 Å². The van der Waals surface area contributed by atoms with E-state index in [0.29, 0.717) is 17.5 Å². The average molecular weight is 222 g/mol. The van der Waals surface area contributed by atoms with Gasteiger partial charge in [0.05, 0.1) is 0 Å². The Kier molecular flexibility index (Phi) is 3.88. The number of carbonyl (C=O) groups excluding carboxylic acids is 2. The molecule has 0 aliphatic heterocycles. The fourth-order valence-electron chi connectivity index (χ4n) is 1.04. The number of hydrogen-bond donors (Lipinski definition) is 3. The van der Waals surface area contributed by atoms with Gasteiger partial charge in [-0.1, -0.05) is 13.0 Å². The Morgan fingerprint density at radius 1 is 1.31 bits per heavy atom. The lowest BCUT2D eigenvalue weighted by Crippen LogP contribution is -2.41. The number of amides is 2. The fourth-order valence-corrected chi connectivity index (χ4v) is 1.04. The van der Waals surface area contributed by atoms with Crippen molar-refractivity contribution < 1.29 is 14.7 Å². The van der Waals surface area contributed by atoms with E-state index in [2.05, 4.69) is 10.9 Å². The lowest BCUT2D eigenvalue weighted by molar-refractivity contribution is -0.121. The first-order valence-corrected chi connectivity index (χ1v) is 4.93. The number of hydrazine groups is 1. The molecule has 1 rings (SSSR count). The molecule has 2 amide bonds. The molecule has 0 radical (unpaired) electrons. The van der Waals surface area contributed by atoms with Gasteiger partial charge in [0.25, 0.3) is 5.91 Å². The summed E-state index contributed by atoms with van der Waals surface area (Å²) in [6.45, 7) is 3.41. The third kappa shape index (κ3) is 2.98. The van der Waals surface area contributed by atoms with Crippen molar-refractivity contribution in [2.24, 2.45) is 0 Å². The van der Waals surface area contributed by atoms with Crippen LogP contribution in [0.5, 0.6) is 5.75 Å². The second kappa shape index (κ2) is 5.16. The summed E-state index contributed by atoms with van der Waals surface area (Å²) in [6.07, 6.45) is 0.291. The van der Waals surface area contributed by atoms with Crippen LogP contribution in [-0.4, -0.2) is 16.9 Å². The van der Waals surface area contributed by atoms with Crippen molar-refractivity contribution in [3.05, 3.63) is 29.3 Å². The SMILES string of the molecule is CCC(=O)NNC(=O)c1ccc(C)c(O)c1. The van der Waals surface area contributed by atoms with Gasteiger partial charge >= 0.3 is 0 Å². The number of rotatable bonds is 2. The van der Waals surface area contributed by atoms with Crippen LogP contribution < -0.4 is 10.9 Å². The Morgan fingerprint density at radius 2 is 2.00 bits per heavy atom. The maximum atomic E-state index is 11.5. The van der Waals surface area contributed by atoms with Crippen molar-refractivity contribution in [3.63, 3.8) is 0 Å². The molecule has 0 saturated carbocycles. The highest BCUT2D eigenvalue weighted by Crippen LogP contribution is 2.16. The number of phenols is 1. The van der Waals surface area contributed by atoms with Crippen molar-refractivity contribution in [2.75, 3.05) is 0 Å². The molecule has 1 aromatic rings. The van der Waals surface area contributed by atoms with Gasteiger partial charge in [0.15, 0.2) is 0 Å². The molecule has 0 saturated heterocycles. The van der Waals surface area contributed by atoms with Crippen LogP contribution in [0.25, 0.3) is 0 Å². The minimum Gasteiger partial charge on any atom is -0.508 e. The van der Waals surface area contributed by atoms with Crippen LogP contribution >= 0.6 is 0 Å². The minimum atomic E-state index is -0.461. The van der Waals surface area contributed by atoms with Crippen molar-refractivity contribution >= 4 is 11.8 Å². The van der Waals surface area contributed by atoms with Gasteiger partial charge in [-0.25, -0.2) is 0 Å². The molecular formula is C11H14N2O3. The van der Waals surface area contributed by atoms with Crippen LogP contribution in [0.3, 0.4) is 0 Å². The molecule has 0 spiro atoms. The zero-order valence-electron chi connectivity index (χ0n) is 9.20. The normalized spacial score (nSPS) is 9.62. The average Bonchev–Trinajstić information content (AvgIpc) is 2.29. The molecule has 0 fully saturated rings. The minimum absolute atomic E-state index is 0.0504. The Hall–Kier alpha value is -2.04. The van der Waals surface area contributed by atoms with Gasteiger partial charge in [-0.2, -0.15) is 0 Å². The van der Waals surface area contributed by atoms with Crippen LogP contribution in [0.4, 0.5) is 0 Å². The van der Waals surface area contributed by atoms with Crippen LogP contribution in [0.1, 0.15) is 29.3 Å². The summed E-state index contributed by atoms with van der Waals surface area (Å²) in [4.78, 5) is 22.4. The maximum Gasteiger partial charge on any atom is 0.269 e. The molecule has 0 aliphatic carbocycles. The van der Waals surface area contributed by atoms with E-state index < -0.39 is 5.91 Å². The highest BCUT2D eigenvalue weighted by atomic mass is 16.3. The number of aryl methyl sites for hydroxylation is 1. The molecule has 5 heteroatoms. The lowest BCUT2D eigenvalue weighted by Gasteiger charge is -2.07. The highest BCUT2D eigenvalue weighted by molar-refractivity contribution is 5.95. The molecule has 16 heavy (non-hydrogen) atoms. The predicted octanol–water partition coefficient (Wildman–Crippen LogP) is 0.872. The van der Waals surface area contributed by atoms with Crippen molar-refractivity contribution in [1.82, 2.24) is 10.9 Å². The number of nitrogens with one attached hydrogen (secondary N) is 2. The van der Waals surface area contributed by atoms with Crippen LogP contribution in [0.2, 0.25) is 0 Å². The molecular weight excluding hydrogens is 208 g/mol. The van der Waals surface area contributed by atoms with E-state index >= 15 is 0 Å². The summed E-state index contributed by atoms with van der Waals surface area (Å²) in [5.74, 6) is -0.684. The van der Waals surface area contributed by atoms with Crippen LogP contribution in [0, 0.1) is 6.92 Å². The molecule has 0 bridgehead atoms. The number of carbonyl (C=O) groups is 2. The van der Waals surface area contributed by atoms with Gasteiger partial charge in [0, 0.05) is 12.0 Å². The van der Waals surface area contributed by atoms with E-state index in [1.165, 1.54) is 6.07 Å². The zero-order valence-corrected chi connectivity index (χ0v) is 9.20. The maximum absolute atomic E-state index is 11.5. The zero-order chi connectivity index (χ0) is 12.1. The number of benzene rings is 1. The van der Waals surface area contributed by atoms with Crippen LogP contribution in [-0.2, 0) is 4.79 Å². The van der Waals surface area contributed by atoms with Crippen molar-refractivity contribution in [2.45, 2.75) is 20.3 Å². The van der Waals surface area contributed by atoms with Gasteiger partial charge in [0.1, 0.15) is 5.75 Å². The second-order valence-corrected chi connectivity index (χ2v) is 3.36. The highest BCUT2D eigenvalue weighted by Gasteiger charge is 2.07. The number of hydrogen-bond acceptors (Lipinski definition) is 3. The Morgan fingerprint density at radius 3 is 2.56 bits per heavy atom. The van der Waals surface area contributed by atoms with Gasteiger partial charge in [0.2, 0.25) is 5.91 Å². The van der Waals surface area contributed by atoms with E-state index in [9.17, 15) is 14.7 Å². The molecule has 86 valence electrons. The van der Waals surface area contributed by atoms with E-state index in [-0.39, 0.29) is 11.7 Å². The lowest BCUT2D eigenvalue weighted by atomic mass is 10.1. The predicted molar refractivity (Wildman–Crippen MR) is 58.7 cm³/mol. The molecule has 3 N–H and O–H groups in total. The van der Waals surface area contributed by atoms with Gasteiger partial charge < -0.3 is 5.11 Å². The topological polar surface area (TPSA) is 78.4 Å². The third-order valence-corrected chi connectivity index (χ3v) is 2.11. The van der Waals surface area contributed by atoms with E-state index in [1.807, 2.05) is 0 Å². The summed E-state index contributed by atoms with van der Waals surface area (Å²) < 4.78 is 0. The van der Waals surface area contributed by atoms with Gasteiger partial charge in [-0.05, 0) is 24.6 Å². The quantitative estimate of drug-likeness (QED) is 0.650. The standard InChI is InChI=1S/C11H14N2O3/c1-3-10(15)12-13-11(16)8-5-4-7(2)9(14)6-8/h4-6,14H,3H2,1-2H3,(H,12,15)(H,13,16). The van der Waals surface area contributed by atoms with Crippen molar-refractivity contribution in [3.8, 4) is 5.75 Å². The fraction of sp³-hybridized carbons (Fsp3) is 0.273. The largest absolute Gasteiger partial charge is 0.508 e. The molecule has 0 aromatic heterocycles. The summed E-state index contributed by atoms with van der Waals surface area (Å²) in [6, 6.07) is 4.55.